The molecule has 2 rings (SSSR count). The summed E-state index contributed by atoms with van der Waals surface area (Å²) in [6, 6.07) is 7.05. The first-order valence-corrected chi connectivity index (χ1v) is 8.80. The van der Waals surface area contributed by atoms with Gasteiger partial charge in [-0.2, -0.15) is 0 Å². The number of nitrogens with zero attached hydrogens (tertiary/aromatic N) is 1. The Kier molecular flexibility index (Phi) is 6.37. The Labute approximate surface area is 158 Å². The van der Waals surface area contributed by atoms with Crippen molar-refractivity contribution >= 4 is 29.2 Å². The number of carbonyl (C=O) groups is 3. The third-order valence-corrected chi connectivity index (χ3v) is 4.89. The van der Waals surface area contributed by atoms with Gasteiger partial charge in [-0.05, 0) is 44.9 Å². The fraction of sp³-hybridized carbons (Fsp3) is 0.350. The zero-order chi connectivity index (χ0) is 19.4. The van der Waals surface area contributed by atoms with Gasteiger partial charge in [0.1, 0.15) is 0 Å². The zero-order valence-electron chi connectivity index (χ0n) is 15.5. The van der Waals surface area contributed by atoms with E-state index in [-0.39, 0.29) is 17.6 Å². The van der Waals surface area contributed by atoms with Gasteiger partial charge in [0, 0.05) is 47.5 Å². The van der Waals surface area contributed by atoms with Crippen LogP contribution in [-0.2, 0) is 16.1 Å². The van der Waals surface area contributed by atoms with E-state index in [0.717, 1.165) is 5.56 Å². The van der Waals surface area contributed by atoms with Crippen LogP contribution in [0.2, 0.25) is 5.02 Å². The molecule has 0 spiro atoms. The van der Waals surface area contributed by atoms with Gasteiger partial charge < -0.3 is 10.2 Å². The maximum absolute atomic E-state index is 12.4. The highest BCUT2D eigenvalue weighted by Gasteiger charge is 2.27. The second-order valence-electron chi connectivity index (χ2n) is 6.48. The molecule has 0 aliphatic heterocycles. The van der Waals surface area contributed by atoms with Crippen molar-refractivity contribution in [2.45, 2.75) is 33.7 Å². The smallest absolute Gasteiger partial charge is 0.317 e. The van der Waals surface area contributed by atoms with Crippen molar-refractivity contribution in [2.75, 3.05) is 13.6 Å². The lowest BCUT2D eigenvalue weighted by atomic mass is 9.84. The van der Waals surface area contributed by atoms with E-state index in [1.165, 1.54) is 0 Å². The minimum Gasteiger partial charge on any atom is -0.338 e. The summed E-state index contributed by atoms with van der Waals surface area (Å²) in [6.07, 6.45) is 0.335. The number of allylic oxidation sites excluding steroid dienone is 3. The third-order valence-electron chi connectivity index (χ3n) is 4.64. The molecular weight excluding hydrogens is 352 g/mol. The molecule has 1 aliphatic carbocycles. The van der Waals surface area contributed by atoms with Crippen molar-refractivity contribution in [3.63, 3.8) is 0 Å². The number of Topliss-reactive ketones (excluding diaryl/α,β-unsaturated/α-hetero) is 2. The lowest BCUT2D eigenvalue weighted by molar-refractivity contribution is -0.116. The zero-order valence-corrected chi connectivity index (χ0v) is 16.2. The molecule has 26 heavy (non-hydrogen) atoms. The van der Waals surface area contributed by atoms with Crippen LogP contribution in [0, 0.1) is 0 Å². The highest BCUT2D eigenvalue weighted by atomic mass is 35.5. The van der Waals surface area contributed by atoms with Gasteiger partial charge in [-0.1, -0.05) is 23.7 Å². The Morgan fingerprint density at radius 1 is 1.00 bits per heavy atom. The molecule has 1 N–H and O–H groups in total. The molecule has 1 aromatic carbocycles. The fourth-order valence-electron chi connectivity index (χ4n) is 2.82. The number of urea groups is 1. The number of hydrogen-bond donors (Lipinski definition) is 1. The molecule has 0 atom stereocenters. The SMILES string of the molecule is CC1=C(C)C(=O)C(CCNC(=O)N(C)Cc2ccc(Cl)cc2)=C(C)C1=O. The Morgan fingerprint density at radius 3 is 2.19 bits per heavy atom. The molecule has 1 aromatic rings. The first-order chi connectivity index (χ1) is 12.2. The Hall–Kier alpha value is -2.40. The number of ketones is 2. The molecule has 0 radical (unpaired) electrons. The maximum Gasteiger partial charge on any atom is 0.317 e. The summed E-state index contributed by atoms with van der Waals surface area (Å²) in [7, 11) is 1.69. The highest BCUT2D eigenvalue weighted by molar-refractivity contribution is 6.30. The predicted octanol–water partition coefficient (Wildman–Crippen LogP) is 3.68. The summed E-state index contributed by atoms with van der Waals surface area (Å²) in [6.45, 7) is 5.74. The minimum absolute atomic E-state index is 0.0942. The van der Waals surface area contributed by atoms with Crippen molar-refractivity contribution in [3.05, 3.63) is 57.1 Å². The standard InChI is InChI=1S/C20H23ClN2O3/c1-12-13(2)19(25)17(14(3)18(12)24)9-10-22-20(26)23(4)11-15-5-7-16(21)8-6-15/h5-8H,9-11H2,1-4H3,(H,22,26). The van der Waals surface area contributed by atoms with E-state index in [2.05, 4.69) is 5.32 Å². The molecule has 0 unspecified atom stereocenters. The van der Waals surface area contributed by atoms with Crippen LogP contribution in [0.25, 0.3) is 0 Å². The van der Waals surface area contributed by atoms with Crippen LogP contribution in [0.4, 0.5) is 4.79 Å². The molecule has 5 nitrogen and oxygen atoms in total. The quantitative estimate of drug-likeness (QED) is 0.799. The topological polar surface area (TPSA) is 66.5 Å². The fourth-order valence-corrected chi connectivity index (χ4v) is 2.95. The first kappa shape index (κ1) is 19.9. The molecule has 0 fully saturated rings. The van der Waals surface area contributed by atoms with E-state index in [1.807, 2.05) is 12.1 Å². The molecule has 0 saturated carbocycles. The number of carbonyl (C=O) groups excluding carboxylic acids is 3. The van der Waals surface area contributed by atoms with Gasteiger partial charge in [-0.15, -0.1) is 0 Å². The summed E-state index contributed by atoms with van der Waals surface area (Å²) in [5.74, 6) is -0.202. The van der Waals surface area contributed by atoms with Crippen molar-refractivity contribution < 1.29 is 14.4 Å². The third kappa shape index (κ3) is 4.41. The van der Waals surface area contributed by atoms with Gasteiger partial charge >= 0.3 is 6.03 Å². The predicted molar refractivity (Wildman–Crippen MR) is 102 cm³/mol. The summed E-state index contributed by atoms with van der Waals surface area (Å²) >= 11 is 5.85. The van der Waals surface area contributed by atoms with E-state index >= 15 is 0 Å². The van der Waals surface area contributed by atoms with Crippen LogP contribution < -0.4 is 5.32 Å². The van der Waals surface area contributed by atoms with Crippen LogP contribution in [0.1, 0.15) is 32.8 Å². The van der Waals surface area contributed by atoms with Crippen molar-refractivity contribution in [1.82, 2.24) is 10.2 Å². The van der Waals surface area contributed by atoms with E-state index in [9.17, 15) is 14.4 Å². The van der Waals surface area contributed by atoms with Gasteiger partial charge in [-0.25, -0.2) is 4.79 Å². The lowest BCUT2D eigenvalue weighted by Gasteiger charge is -2.20. The molecule has 6 heteroatoms. The van der Waals surface area contributed by atoms with Crippen LogP contribution in [0.15, 0.2) is 46.6 Å². The van der Waals surface area contributed by atoms with Crippen molar-refractivity contribution in [2.24, 2.45) is 0 Å². The van der Waals surface area contributed by atoms with Crippen LogP contribution in [0.5, 0.6) is 0 Å². The van der Waals surface area contributed by atoms with E-state index < -0.39 is 0 Å². The van der Waals surface area contributed by atoms with Crippen molar-refractivity contribution in [3.8, 4) is 0 Å². The second-order valence-corrected chi connectivity index (χ2v) is 6.91. The first-order valence-electron chi connectivity index (χ1n) is 8.42. The number of hydrogen-bond acceptors (Lipinski definition) is 3. The van der Waals surface area contributed by atoms with Gasteiger partial charge in [-0.3, -0.25) is 9.59 Å². The van der Waals surface area contributed by atoms with Crippen molar-refractivity contribution in [1.29, 1.82) is 0 Å². The number of amides is 2. The van der Waals surface area contributed by atoms with E-state index in [4.69, 9.17) is 11.6 Å². The summed E-state index contributed by atoms with van der Waals surface area (Å²) in [5, 5.41) is 3.44. The van der Waals surface area contributed by atoms with Gasteiger partial charge in [0.05, 0.1) is 0 Å². The van der Waals surface area contributed by atoms with Crippen LogP contribution in [0.3, 0.4) is 0 Å². The highest BCUT2D eigenvalue weighted by Crippen LogP contribution is 2.25. The largest absolute Gasteiger partial charge is 0.338 e. The number of benzene rings is 1. The molecule has 0 saturated heterocycles. The Morgan fingerprint density at radius 2 is 1.58 bits per heavy atom. The average Bonchev–Trinajstić information content (AvgIpc) is 2.62. The van der Waals surface area contributed by atoms with Crippen LogP contribution in [-0.4, -0.2) is 36.1 Å². The number of rotatable bonds is 5. The molecular formula is C20H23ClN2O3. The summed E-state index contributed by atoms with van der Waals surface area (Å²) in [4.78, 5) is 38.3. The van der Waals surface area contributed by atoms with Gasteiger partial charge in [0.15, 0.2) is 11.6 Å². The van der Waals surface area contributed by atoms with E-state index in [0.29, 0.717) is 46.8 Å². The molecule has 138 valence electrons. The molecule has 0 aromatic heterocycles. The summed E-state index contributed by atoms with van der Waals surface area (Å²) < 4.78 is 0. The summed E-state index contributed by atoms with van der Waals surface area (Å²) in [5.41, 5.74) is 2.92. The number of nitrogens with one attached hydrogen (secondary N) is 1. The molecule has 2 amide bonds. The number of halogens is 1. The Bertz CT molecular complexity index is 807. The monoisotopic (exact) mass is 374 g/mol. The molecule has 0 bridgehead atoms. The minimum atomic E-state index is -0.240. The van der Waals surface area contributed by atoms with E-state index in [1.54, 1.807) is 44.9 Å². The maximum atomic E-state index is 12.4. The molecule has 1 aliphatic rings. The Balaban J connectivity index is 1.90. The normalized spacial score (nSPS) is 14.8. The average molecular weight is 375 g/mol. The van der Waals surface area contributed by atoms with Gasteiger partial charge in [0.2, 0.25) is 0 Å². The second kappa shape index (κ2) is 8.32. The van der Waals surface area contributed by atoms with Crippen LogP contribution >= 0.6 is 11.6 Å². The molecule has 0 heterocycles. The lowest BCUT2D eigenvalue weighted by Crippen LogP contribution is -2.37. The van der Waals surface area contributed by atoms with Gasteiger partial charge in [0.25, 0.3) is 0 Å².